The van der Waals surface area contributed by atoms with Crippen LogP contribution in [0.4, 0.5) is 4.79 Å². The third kappa shape index (κ3) is 7.72. The molecule has 1 aromatic carbocycles. The number of allylic oxidation sites excluding steroid dienone is 3. The van der Waals surface area contributed by atoms with E-state index in [2.05, 4.69) is 10.6 Å². The second-order valence-corrected chi connectivity index (χ2v) is 9.91. The van der Waals surface area contributed by atoms with Crippen molar-refractivity contribution in [3.63, 3.8) is 0 Å². The molecule has 0 radical (unpaired) electrons. The molecule has 2 fully saturated rings. The molecule has 2 unspecified atom stereocenters. The van der Waals surface area contributed by atoms with Crippen LogP contribution in [0.1, 0.15) is 51.5 Å². The fourth-order valence-electron chi connectivity index (χ4n) is 4.33. The first-order valence-electron chi connectivity index (χ1n) is 11.8. The molecule has 9 heteroatoms. The first-order chi connectivity index (χ1) is 16.6. The van der Waals surface area contributed by atoms with E-state index >= 15 is 0 Å². The lowest BCUT2D eigenvalue weighted by atomic mass is 9.92. The normalized spacial score (nSPS) is 28.4. The van der Waals surface area contributed by atoms with Crippen LogP contribution in [0.2, 0.25) is 5.02 Å². The van der Waals surface area contributed by atoms with Gasteiger partial charge < -0.3 is 24.6 Å². The summed E-state index contributed by atoms with van der Waals surface area (Å²) in [6, 6.07) is 5.69. The average Bonchev–Trinajstić information content (AvgIpc) is 3.44. The lowest BCUT2D eigenvalue weighted by Gasteiger charge is -2.36. The summed E-state index contributed by atoms with van der Waals surface area (Å²) in [5, 5.41) is 16.7. The molecule has 192 valence electrons. The van der Waals surface area contributed by atoms with Crippen LogP contribution in [-0.4, -0.2) is 54.8 Å². The number of epoxide rings is 1. The molecule has 3 rings (SSSR count). The predicted octanol–water partition coefficient (Wildman–Crippen LogP) is 4.04. The Morgan fingerprint density at radius 3 is 2.91 bits per heavy atom. The Hall–Kier alpha value is -2.55. The Balaban J connectivity index is 1.50. The molecular formula is C26H35ClN2O6. The molecule has 0 aliphatic carbocycles. The summed E-state index contributed by atoms with van der Waals surface area (Å²) >= 11 is 6.08. The molecule has 4 atom stereocenters. The van der Waals surface area contributed by atoms with Gasteiger partial charge in [-0.25, -0.2) is 4.79 Å². The molecule has 0 spiro atoms. The maximum Gasteiger partial charge on any atom is 0.409 e. The van der Waals surface area contributed by atoms with E-state index in [-0.39, 0.29) is 24.9 Å². The van der Waals surface area contributed by atoms with Gasteiger partial charge in [-0.1, -0.05) is 41.5 Å². The molecule has 1 aromatic rings. The number of hydrogen-bond acceptors (Lipinski definition) is 6. The Kier molecular flexibility index (Phi) is 8.85. The van der Waals surface area contributed by atoms with Crippen LogP contribution < -0.4 is 15.4 Å². The van der Waals surface area contributed by atoms with Crippen LogP contribution in [0.5, 0.6) is 5.75 Å². The fraction of sp³-hybridized carbons (Fsp3) is 0.538. The number of carbonyl (C=O) groups is 2. The van der Waals surface area contributed by atoms with E-state index in [0.29, 0.717) is 30.0 Å². The highest BCUT2D eigenvalue weighted by Crippen LogP contribution is 2.44. The van der Waals surface area contributed by atoms with Crippen LogP contribution in [0.15, 0.2) is 42.0 Å². The Bertz CT molecular complexity index is 996. The van der Waals surface area contributed by atoms with E-state index in [9.17, 15) is 14.7 Å². The number of rotatable bonds is 11. The smallest absolute Gasteiger partial charge is 0.409 e. The minimum absolute atomic E-state index is 0.0351. The number of cyclic esters (lactones) is 1. The highest BCUT2D eigenvalue weighted by atomic mass is 35.5. The van der Waals surface area contributed by atoms with Gasteiger partial charge in [-0.3, -0.25) is 10.1 Å². The van der Waals surface area contributed by atoms with Crippen LogP contribution in [-0.2, 0) is 20.7 Å². The summed E-state index contributed by atoms with van der Waals surface area (Å²) in [5.74, 6) is 0.607. The van der Waals surface area contributed by atoms with Gasteiger partial charge in [-0.05, 0) is 44.4 Å². The van der Waals surface area contributed by atoms with Crippen molar-refractivity contribution in [2.24, 2.45) is 0 Å². The largest absolute Gasteiger partial charge is 0.495 e. The van der Waals surface area contributed by atoms with Gasteiger partial charge in [-0.15, -0.1) is 0 Å². The van der Waals surface area contributed by atoms with Gasteiger partial charge in [0.05, 0.1) is 23.8 Å². The number of methoxy groups -OCH3 is 1. The number of nitrogens with one attached hydrogen (secondary N) is 2. The minimum Gasteiger partial charge on any atom is -0.495 e. The molecule has 2 aliphatic rings. The average molecular weight is 507 g/mol. The van der Waals surface area contributed by atoms with Crippen LogP contribution in [0.3, 0.4) is 0 Å². The van der Waals surface area contributed by atoms with Gasteiger partial charge in [0.2, 0.25) is 5.91 Å². The fourth-order valence-corrected chi connectivity index (χ4v) is 4.52. The second kappa shape index (κ2) is 11.5. The lowest BCUT2D eigenvalue weighted by molar-refractivity contribution is -0.120. The van der Waals surface area contributed by atoms with E-state index in [4.69, 9.17) is 25.8 Å². The van der Waals surface area contributed by atoms with Gasteiger partial charge >= 0.3 is 6.09 Å². The number of ether oxygens (including phenoxy) is 3. The first kappa shape index (κ1) is 27.0. The van der Waals surface area contributed by atoms with E-state index in [0.717, 1.165) is 17.6 Å². The number of halogens is 1. The van der Waals surface area contributed by atoms with Crippen molar-refractivity contribution in [1.29, 1.82) is 0 Å². The molecular weight excluding hydrogens is 472 g/mol. The summed E-state index contributed by atoms with van der Waals surface area (Å²) < 4.78 is 16.4. The first-order valence-corrected chi connectivity index (χ1v) is 12.2. The second-order valence-electron chi connectivity index (χ2n) is 9.51. The minimum atomic E-state index is -1.39. The number of hydrogen-bond donors (Lipinski definition) is 3. The van der Waals surface area contributed by atoms with Gasteiger partial charge in [0.1, 0.15) is 17.6 Å². The molecule has 35 heavy (non-hydrogen) atoms. The number of alkyl carbamates (subject to hydrolysis) is 1. The van der Waals surface area contributed by atoms with E-state index in [1.807, 2.05) is 50.3 Å². The number of amides is 2. The van der Waals surface area contributed by atoms with Gasteiger partial charge in [-0.2, -0.15) is 0 Å². The highest BCUT2D eigenvalue weighted by molar-refractivity contribution is 6.32. The molecule has 3 N–H and O–H groups in total. The van der Waals surface area contributed by atoms with Crippen molar-refractivity contribution in [2.75, 3.05) is 14.2 Å². The molecule has 0 aromatic heterocycles. The van der Waals surface area contributed by atoms with Crippen molar-refractivity contribution >= 4 is 23.6 Å². The molecule has 2 heterocycles. The number of carbonyl (C=O) groups excluding carboxylic acids is 2. The Morgan fingerprint density at radius 2 is 2.20 bits per heavy atom. The molecule has 8 nitrogen and oxygen atoms in total. The van der Waals surface area contributed by atoms with Crippen molar-refractivity contribution in [2.45, 2.75) is 75.9 Å². The monoisotopic (exact) mass is 506 g/mol. The highest BCUT2D eigenvalue weighted by Gasteiger charge is 2.54. The van der Waals surface area contributed by atoms with Crippen molar-refractivity contribution in [1.82, 2.24) is 10.6 Å². The topological polar surface area (TPSA) is 109 Å². The third-order valence-corrected chi connectivity index (χ3v) is 6.80. The zero-order valence-electron chi connectivity index (χ0n) is 20.7. The molecule has 2 saturated heterocycles. The quantitative estimate of drug-likeness (QED) is 0.308. The van der Waals surface area contributed by atoms with Gasteiger partial charge in [0, 0.05) is 32.7 Å². The molecule has 2 amide bonds. The van der Waals surface area contributed by atoms with Crippen LogP contribution in [0, 0.1) is 0 Å². The standard InChI is InChI=1S/C26H35ClN2O6/c1-17(13-18-8-9-20(27)21(14-18)33-4)7-5-6-11-26(32)16-19(34-24(31)29-26)15-22-25(2,35-22)12-10-23(30)28-3/h5-9,14,19,22,32H,10-13,15-16H2,1-4H3,(H,28,30)(H,29,31)/b6-5+,17-7+/t19?,22?,25-,26+/m0/s1. The van der Waals surface area contributed by atoms with Crippen LogP contribution >= 0.6 is 11.6 Å². The lowest BCUT2D eigenvalue weighted by Crippen LogP contribution is -2.56. The molecule has 2 aliphatic heterocycles. The zero-order valence-corrected chi connectivity index (χ0v) is 21.5. The van der Waals surface area contributed by atoms with Crippen molar-refractivity contribution in [3.05, 3.63) is 52.6 Å². The van der Waals surface area contributed by atoms with Gasteiger partial charge in [0.25, 0.3) is 0 Å². The zero-order chi connectivity index (χ0) is 25.6. The molecule has 0 bridgehead atoms. The van der Waals surface area contributed by atoms with Crippen LogP contribution in [0.25, 0.3) is 0 Å². The summed E-state index contributed by atoms with van der Waals surface area (Å²) in [6.45, 7) is 3.97. The Morgan fingerprint density at radius 1 is 1.43 bits per heavy atom. The Labute approximate surface area is 211 Å². The van der Waals surface area contributed by atoms with Crippen molar-refractivity contribution in [3.8, 4) is 5.75 Å². The molecule has 0 saturated carbocycles. The summed E-state index contributed by atoms with van der Waals surface area (Å²) in [7, 11) is 3.19. The van der Waals surface area contributed by atoms with E-state index < -0.39 is 23.5 Å². The van der Waals surface area contributed by atoms with E-state index in [1.165, 1.54) is 0 Å². The summed E-state index contributed by atoms with van der Waals surface area (Å²) in [6.07, 6.45) is 7.13. The van der Waals surface area contributed by atoms with E-state index in [1.54, 1.807) is 14.2 Å². The SMILES string of the molecule is CNC(=O)CC[C@]1(C)OC1CC1C[C@](O)(C/C=C/C=C(\C)Cc2ccc(Cl)c(OC)c2)NC(=O)O1. The summed E-state index contributed by atoms with van der Waals surface area (Å²) in [4.78, 5) is 23.6. The third-order valence-electron chi connectivity index (χ3n) is 6.48. The predicted molar refractivity (Wildman–Crippen MR) is 133 cm³/mol. The maximum atomic E-state index is 12.1. The number of benzene rings is 1. The van der Waals surface area contributed by atoms with Gasteiger partial charge in [0.15, 0.2) is 0 Å². The van der Waals surface area contributed by atoms with Crippen molar-refractivity contribution < 1.29 is 28.9 Å². The maximum absolute atomic E-state index is 12.1. The summed E-state index contributed by atoms with van der Waals surface area (Å²) in [5.41, 5.74) is 0.401. The number of aliphatic hydroxyl groups is 1.